The van der Waals surface area contributed by atoms with Gasteiger partial charge in [-0.05, 0) is 59.9 Å². The lowest BCUT2D eigenvalue weighted by molar-refractivity contribution is 0.0937. The summed E-state index contributed by atoms with van der Waals surface area (Å²) < 4.78 is 0. The Kier molecular flexibility index (Phi) is 4.17. The average Bonchev–Trinajstić information content (AvgIpc) is 3.15. The van der Waals surface area contributed by atoms with Crippen LogP contribution in [0.5, 0.6) is 0 Å². The summed E-state index contributed by atoms with van der Waals surface area (Å²) in [6, 6.07) is 17.6. The Balaban J connectivity index is 1.27. The average molecular weight is 411 g/mol. The van der Waals surface area contributed by atoms with Crippen LogP contribution in [0.1, 0.15) is 85.5 Å². The molecular weight excluding hydrogens is 384 g/mol. The van der Waals surface area contributed by atoms with Crippen LogP contribution >= 0.6 is 0 Å². The second kappa shape index (κ2) is 6.94. The van der Waals surface area contributed by atoms with E-state index in [0.29, 0.717) is 36.4 Å². The zero-order chi connectivity index (χ0) is 21.1. The van der Waals surface area contributed by atoms with Crippen LogP contribution in [0, 0.1) is 12.8 Å². The number of fused-ring (bicyclic) bond motifs is 2. The van der Waals surface area contributed by atoms with E-state index in [9.17, 15) is 9.59 Å². The Labute approximate surface area is 182 Å². The highest BCUT2D eigenvalue weighted by molar-refractivity contribution is 6.04. The highest BCUT2D eigenvalue weighted by Gasteiger charge is 2.43. The minimum Gasteiger partial charge on any atom is -0.354 e. The van der Waals surface area contributed by atoms with Gasteiger partial charge in [0, 0.05) is 36.1 Å². The van der Waals surface area contributed by atoms with Gasteiger partial charge in [-0.15, -0.1) is 0 Å². The van der Waals surface area contributed by atoms with Crippen LogP contribution in [0.15, 0.2) is 48.5 Å². The van der Waals surface area contributed by atoms with Gasteiger partial charge < -0.3 is 10.3 Å². The number of aromatic nitrogens is 1. The van der Waals surface area contributed by atoms with E-state index in [2.05, 4.69) is 58.8 Å². The number of hydrogen-bond donors (Lipinski definition) is 2. The largest absolute Gasteiger partial charge is 0.354 e. The quantitative estimate of drug-likeness (QED) is 0.647. The molecule has 1 amide bonds. The number of aryl methyl sites for hydroxylation is 1. The van der Waals surface area contributed by atoms with Gasteiger partial charge >= 0.3 is 0 Å². The minimum absolute atomic E-state index is 0.0947. The zero-order valence-electron chi connectivity index (χ0n) is 17.7. The van der Waals surface area contributed by atoms with Crippen LogP contribution < -0.4 is 5.32 Å². The van der Waals surface area contributed by atoms with Gasteiger partial charge in [-0.3, -0.25) is 9.59 Å². The van der Waals surface area contributed by atoms with Crippen molar-refractivity contribution in [3.05, 3.63) is 93.3 Å². The van der Waals surface area contributed by atoms with E-state index in [1.807, 2.05) is 6.92 Å². The van der Waals surface area contributed by atoms with Crippen molar-refractivity contribution in [1.82, 2.24) is 10.3 Å². The van der Waals surface area contributed by atoms with Gasteiger partial charge in [0.1, 0.15) is 5.69 Å². The third kappa shape index (κ3) is 2.74. The van der Waals surface area contributed by atoms with Gasteiger partial charge in [0.25, 0.3) is 5.91 Å². The highest BCUT2D eigenvalue weighted by atomic mass is 16.2. The monoisotopic (exact) mass is 410 g/mol. The van der Waals surface area contributed by atoms with Crippen molar-refractivity contribution in [1.29, 1.82) is 0 Å². The molecule has 0 aliphatic heterocycles. The fraction of sp³-hybridized carbons (Fsp3) is 0.333. The standard InChI is InChI=1S/C27H26N2O2/c1-15-24-22(11-6-12-23(24)30)29-26(15)27(31)28-14-16-13-21-17-7-2-4-9-19(17)25(16)20-10-5-3-8-18(20)21/h2-5,7-10,16,21,25,29H,6,11-14H2,1H3,(H,28,31). The van der Waals surface area contributed by atoms with Gasteiger partial charge in [0.15, 0.2) is 5.78 Å². The SMILES string of the molecule is Cc1c(C(=O)NCC2CC3c4ccccc4C2c2ccccc23)[nH]c2c1C(=O)CCC2. The maximum Gasteiger partial charge on any atom is 0.268 e. The first-order chi connectivity index (χ1) is 15.1. The van der Waals surface area contributed by atoms with Crippen LogP contribution in [0.3, 0.4) is 0 Å². The summed E-state index contributed by atoms with van der Waals surface area (Å²) in [7, 11) is 0. The number of Topliss-reactive ketones (excluding diaryl/α,β-unsaturated/α-hetero) is 1. The molecule has 0 spiro atoms. The van der Waals surface area contributed by atoms with E-state index in [0.717, 1.165) is 36.1 Å². The number of nitrogens with one attached hydrogen (secondary N) is 2. The number of aromatic amines is 1. The first-order valence-electron chi connectivity index (χ1n) is 11.3. The van der Waals surface area contributed by atoms with Crippen molar-refractivity contribution < 1.29 is 9.59 Å². The number of amides is 1. The van der Waals surface area contributed by atoms with Gasteiger partial charge in [0.05, 0.1) is 0 Å². The molecule has 1 unspecified atom stereocenters. The van der Waals surface area contributed by atoms with Gasteiger partial charge in [0.2, 0.25) is 0 Å². The first-order valence-corrected chi connectivity index (χ1v) is 11.3. The molecule has 31 heavy (non-hydrogen) atoms. The molecule has 2 aromatic carbocycles. The molecule has 0 fully saturated rings. The number of ketones is 1. The molecule has 0 radical (unpaired) electrons. The molecule has 4 nitrogen and oxygen atoms in total. The molecule has 4 heteroatoms. The number of carbonyl (C=O) groups excluding carboxylic acids is 2. The molecule has 3 aromatic rings. The Morgan fingerprint density at radius 3 is 2.29 bits per heavy atom. The molecule has 1 atom stereocenters. The summed E-state index contributed by atoms with van der Waals surface area (Å²) in [5, 5.41) is 3.20. The fourth-order valence-electron chi connectivity index (χ4n) is 6.27. The molecule has 0 saturated heterocycles. The molecule has 4 aliphatic rings. The molecular formula is C27H26N2O2. The predicted molar refractivity (Wildman–Crippen MR) is 120 cm³/mol. The van der Waals surface area contributed by atoms with Crippen LogP contribution in [0.25, 0.3) is 0 Å². The number of carbonyl (C=O) groups is 2. The lowest BCUT2D eigenvalue weighted by Crippen LogP contribution is -2.39. The maximum atomic E-state index is 13.1. The van der Waals surface area contributed by atoms with Crippen molar-refractivity contribution in [3.63, 3.8) is 0 Å². The van der Waals surface area contributed by atoms with Crippen molar-refractivity contribution >= 4 is 11.7 Å². The van der Waals surface area contributed by atoms with E-state index >= 15 is 0 Å². The van der Waals surface area contributed by atoms with Crippen molar-refractivity contribution in [2.24, 2.45) is 5.92 Å². The Bertz CT molecular complexity index is 1170. The molecule has 2 bridgehead atoms. The van der Waals surface area contributed by atoms with E-state index in [1.54, 1.807) is 0 Å². The normalized spacial score (nSPS) is 23.1. The van der Waals surface area contributed by atoms with E-state index in [1.165, 1.54) is 22.3 Å². The van der Waals surface area contributed by atoms with Crippen molar-refractivity contribution in [2.75, 3.05) is 6.54 Å². The Morgan fingerprint density at radius 2 is 1.65 bits per heavy atom. The van der Waals surface area contributed by atoms with Gasteiger partial charge in [-0.1, -0.05) is 48.5 Å². The van der Waals surface area contributed by atoms with Crippen LogP contribution in [-0.2, 0) is 6.42 Å². The first kappa shape index (κ1) is 18.6. The number of H-pyrrole nitrogens is 1. The summed E-state index contributed by atoms with van der Waals surface area (Å²) in [5.41, 5.74) is 8.75. The predicted octanol–water partition coefficient (Wildman–Crippen LogP) is 4.87. The smallest absolute Gasteiger partial charge is 0.268 e. The van der Waals surface area contributed by atoms with E-state index < -0.39 is 0 Å². The van der Waals surface area contributed by atoms with Crippen molar-refractivity contribution in [2.45, 2.75) is 44.4 Å². The summed E-state index contributed by atoms with van der Waals surface area (Å²) >= 11 is 0. The summed E-state index contributed by atoms with van der Waals surface area (Å²) in [6.45, 7) is 2.53. The third-order valence-corrected chi connectivity index (χ3v) is 7.61. The molecule has 7 rings (SSSR count). The third-order valence-electron chi connectivity index (χ3n) is 7.61. The topological polar surface area (TPSA) is 62.0 Å². The van der Waals surface area contributed by atoms with E-state index in [-0.39, 0.29) is 11.7 Å². The molecule has 2 N–H and O–H groups in total. The highest BCUT2D eigenvalue weighted by Crippen LogP contribution is 2.55. The van der Waals surface area contributed by atoms with E-state index in [4.69, 9.17) is 0 Å². The number of benzene rings is 2. The summed E-state index contributed by atoms with van der Waals surface area (Å²) in [5.74, 6) is 1.15. The number of hydrogen-bond acceptors (Lipinski definition) is 2. The van der Waals surface area contributed by atoms with Crippen LogP contribution in [0.2, 0.25) is 0 Å². The maximum absolute atomic E-state index is 13.1. The molecule has 0 saturated carbocycles. The Morgan fingerprint density at radius 1 is 1.00 bits per heavy atom. The fourth-order valence-corrected chi connectivity index (χ4v) is 6.27. The Hall–Kier alpha value is -3.14. The van der Waals surface area contributed by atoms with Crippen LogP contribution in [0.4, 0.5) is 0 Å². The number of rotatable bonds is 3. The molecule has 156 valence electrons. The summed E-state index contributed by atoms with van der Waals surface area (Å²) in [6.07, 6.45) is 3.33. The summed E-state index contributed by atoms with van der Waals surface area (Å²) in [4.78, 5) is 28.6. The lowest BCUT2D eigenvalue weighted by Gasteiger charge is -2.45. The minimum atomic E-state index is -0.0947. The second-order valence-electron chi connectivity index (χ2n) is 9.25. The lowest BCUT2D eigenvalue weighted by atomic mass is 9.59. The van der Waals surface area contributed by atoms with Gasteiger partial charge in [-0.25, -0.2) is 0 Å². The second-order valence-corrected chi connectivity index (χ2v) is 9.25. The van der Waals surface area contributed by atoms with Crippen molar-refractivity contribution in [3.8, 4) is 0 Å². The molecule has 1 heterocycles. The molecule has 1 aromatic heterocycles. The van der Waals surface area contributed by atoms with Crippen LogP contribution in [-0.4, -0.2) is 23.2 Å². The molecule has 4 aliphatic carbocycles. The zero-order valence-corrected chi connectivity index (χ0v) is 17.7. The van der Waals surface area contributed by atoms with Gasteiger partial charge in [-0.2, -0.15) is 0 Å².